The Kier molecular flexibility index (Phi) is 5.78. The number of nitrogens with one attached hydrogen (secondary N) is 1. The summed E-state index contributed by atoms with van der Waals surface area (Å²) in [6.45, 7) is 7.96. The average molecular weight is 314 g/mol. The first kappa shape index (κ1) is 16.5. The Bertz CT molecular complexity index is 541. The van der Waals surface area contributed by atoms with Crippen molar-refractivity contribution in [3.8, 4) is 0 Å². The number of aromatic nitrogens is 2. The number of sulfonamides is 1. The molecule has 0 radical (unpaired) electrons. The van der Waals surface area contributed by atoms with E-state index in [1.54, 1.807) is 15.2 Å². The lowest BCUT2D eigenvalue weighted by Crippen LogP contribution is -2.28. The first-order valence-electron chi connectivity index (χ1n) is 7.81. The molecule has 1 unspecified atom stereocenters. The number of hydrogen-bond acceptors (Lipinski definition) is 4. The largest absolute Gasteiger partial charge is 0.315 e. The normalized spacial score (nSPS) is 20.2. The van der Waals surface area contributed by atoms with Crippen LogP contribution in [-0.2, 0) is 16.6 Å². The molecule has 0 saturated carbocycles. The van der Waals surface area contributed by atoms with E-state index in [0.717, 1.165) is 32.4 Å². The van der Waals surface area contributed by atoms with Crippen LogP contribution in [0.3, 0.4) is 0 Å². The molecule has 7 heteroatoms. The molecule has 1 aliphatic heterocycles. The summed E-state index contributed by atoms with van der Waals surface area (Å²) in [6, 6.07) is 0. The molecule has 0 aromatic carbocycles. The summed E-state index contributed by atoms with van der Waals surface area (Å²) in [6.07, 6.45) is 6.20. The van der Waals surface area contributed by atoms with Gasteiger partial charge in [-0.2, -0.15) is 9.40 Å². The zero-order valence-electron chi connectivity index (χ0n) is 13.0. The molecule has 21 heavy (non-hydrogen) atoms. The van der Waals surface area contributed by atoms with E-state index in [0.29, 0.717) is 30.4 Å². The monoisotopic (exact) mass is 314 g/mol. The standard InChI is InChI=1S/C14H26N4O2S/c1-3-6-15-7-9-17-12-14(10-16-17)21(19,20)18-8-5-13(4-2)11-18/h10,12-13,15H,3-9,11H2,1-2H3. The Morgan fingerprint density at radius 3 is 2.86 bits per heavy atom. The topological polar surface area (TPSA) is 67.2 Å². The van der Waals surface area contributed by atoms with Crippen molar-refractivity contribution < 1.29 is 8.42 Å². The predicted molar refractivity (Wildman–Crippen MR) is 82.5 cm³/mol. The molecule has 1 saturated heterocycles. The van der Waals surface area contributed by atoms with Crippen LogP contribution in [0.2, 0.25) is 0 Å². The zero-order chi connectivity index (χ0) is 15.3. The van der Waals surface area contributed by atoms with Gasteiger partial charge in [-0.05, 0) is 25.3 Å². The van der Waals surface area contributed by atoms with Crippen molar-refractivity contribution in [3.05, 3.63) is 12.4 Å². The van der Waals surface area contributed by atoms with Crippen molar-refractivity contribution in [2.24, 2.45) is 5.92 Å². The molecule has 1 aromatic heterocycles. The molecule has 0 aliphatic carbocycles. The van der Waals surface area contributed by atoms with Crippen LogP contribution in [-0.4, -0.2) is 48.7 Å². The van der Waals surface area contributed by atoms with E-state index in [9.17, 15) is 8.42 Å². The molecule has 0 spiro atoms. The van der Waals surface area contributed by atoms with Gasteiger partial charge in [-0.25, -0.2) is 8.42 Å². The minimum absolute atomic E-state index is 0.315. The van der Waals surface area contributed by atoms with E-state index in [4.69, 9.17) is 0 Å². The van der Waals surface area contributed by atoms with Crippen molar-refractivity contribution in [2.45, 2.75) is 44.6 Å². The van der Waals surface area contributed by atoms with Crippen LogP contribution in [0.4, 0.5) is 0 Å². The second-order valence-corrected chi connectivity index (χ2v) is 7.55. The Balaban J connectivity index is 1.96. The van der Waals surface area contributed by atoms with Gasteiger partial charge in [-0.15, -0.1) is 0 Å². The summed E-state index contributed by atoms with van der Waals surface area (Å²) >= 11 is 0. The fourth-order valence-corrected chi connectivity index (χ4v) is 4.08. The van der Waals surface area contributed by atoms with Gasteiger partial charge >= 0.3 is 0 Å². The van der Waals surface area contributed by atoms with Crippen LogP contribution in [0.15, 0.2) is 17.3 Å². The number of hydrogen-bond donors (Lipinski definition) is 1. The van der Waals surface area contributed by atoms with Crippen LogP contribution in [0, 0.1) is 5.92 Å². The summed E-state index contributed by atoms with van der Waals surface area (Å²) in [7, 11) is -3.37. The molecule has 2 rings (SSSR count). The third-order valence-corrected chi connectivity index (χ3v) is 5.84. The maximum Gasteiger partial charge on any atom is 0.246 e. The molecule has 120 valence electrons. The number of rotatable bonds is 8. The fraction of sp³-hybridized carbons (Fsp3) is 0.786. The van der Waals surface area contributed by atoms with Gasteiger partial charge in [0.25, 0.3) is 0 Å². The van der Waals surface area contributed by atoms with Gasteiger partial charge in [-0.3, -0.25) is 4.68 Å². The third-order valence-electron chi connectivity index (χ3n) is 4.02. The first-order valence-corrected chi connectivity index (χ1v) is 9.25. The molecule has 0 bridgehead atoms. The molecule has 1 atom stereocenters. The Hall–Kier alpha value is -0.920. The lowest BCUT2D eigenvalue weighted by Gasteiger charge is -2.14. The molecule has 1 aromatic rings. The van der Waals surface area contributed by atoms with E-state index in [1.165, 1.54) is 6.20 Å². The third kappa shape index (κ3) is 4.05. The van der Waals surface area contributed by atoms with Gasteiger partial charge in [0.2, 0.25) is 10.0 Å². The minimum Gasteiger partial charge on any atom is -0.315 e. The van der Waals surface area contributed by atoms with Gasteiger partial charge < -0.3 is 5.32 Å². The van der Waals surface area contributed by atoms with Crippen LogP contribution in [0.5, 0.6) is 0 Å². The highest BCUT2D eigenvalue weighted by Crippen LogP contribution is 2.25. The maximum absolute atomic E-state index is 12.5. The van der Waals surface area contributed by atoms with Crippen LogP contribution in [0.1, 0.15) is 33.1 Å². The first-order chi connectivity index (χ1) is 10.1. The Labute approximate surface area is 127 Å². The zero-order valence-corrected chi connectivity index (χ0v) is 13.8. The summed E-state index contributed by atoms with van der Waals surface area (Å²) in [4.78, 5) is 0.315. The average Bonchev–Trinajstić information content (AvgIpc) is 3.13. The Morgan fingerprint density at radius 1 is 1.38 bits per heavy atom. The van der Waals surface area contributed by atoms with Crippen molar-refractivity contribution in [1.29, 1.82) is 0 Å². The van der Waals surface area contributed by atoms with E-state index in [2.05, 4.69) is 24.3 Å². The van der Waals surface area contributed by atoms with E-state index in [1.807, 2.05) is 0 Å². The van der Waals surface area contributed by atoms with Crippen LogP contribution < -0.4 is 5.32 Å². The van der Waals surface area contributed by atoms with Crippen LogP contribution >= 0.6 is 0 Å². The summed E-state index contributed by atoms with van der Waals surface area (Å²) in [5.41, 5.74) is 0. The highest BCUT2D eigenvalue weighted by molar-refractivity contribution is 7.89. The van der Waals surface area contributed by atoms with E-state index >= 15 is 0 Å². The minimum atomic E-state index is -3.37. The van der Waals surface area contributed by atoms with Gasteiger partial charge in [0.1, 0.15) is 4.90 Å². The maximum atomic E-state index is 12.5. The van der Waals surface area contributed by atoms with Crippen molar-refractivity contribution in [2.75, 3.05) is 26.2 Å². The smallest absolute Gasteiger partial charge is 0.246 e. The van der Waals surface area contributed by atoms with E-state index < -0.39 is 10.0 Å². The van der Waals surface area contributed by atoms with Crippen molar-refractivity contribution in [1.82, 2.24) is 19.4 Å². The van der Waals surface area contributed by atoms with Gasteiger partial charge in [0, 0.05) is 25.8 Å². The second-order valence-electron chi connectivity index (χ2n) is 5.62. The predicted octanol–water partition coefficient (Wildman–Crippen LogP) is 1.30. The van der Waals surface area contributed by atoms with Gasteiger partial charge in [0.15, 0.2) is 0 Å². The van der Waals surface area contributed by atoms with Gasteiger partial charge in [-0.1, -0.05) is 20.3 Å². The van der Waals surface area contributed by atoms with Crippen LogP contribution in [0.25, 0.3) is 0 Å². The Morgan fingerprint density at radius 2 is 2.19 bits per heavy atom. The summed E-state index contributed by atoms with van der Waals surface area (Å²) in [5, 5.41) is 7.44. The lowest BCUT2D eigenvalue weighted by molar-refractivity contribution is 0.452. The van der Waals surface area contributed by atoms with E-state index in [-0.39, 0.29) is 0 Å². The van der Waals surface area contributed by atoms with Crippen molar-refractivity contribution >= 4 is 10.0 Å². The van der Waals surface area contributed by atoms with Crippen molar-refractivity contribution in [3.63, 3.8) is 0 Å². The quantitative estimate of drug-likeness (QED) is 0.735. The SMILES string of the molecule is CCCNCCn1cc(S(=O)(=O)N2CCC(CC)C2)cn1. The highest BCUT2D eigenvalue weighted by Gasteiger charge is 2.32. The molecular weight excluding hydrogens is 288 g/mol. The fourth-order valence-electron chi connectivity index (χ4n) is 2.59. The molecule has 0 amide bonds. The molecule has 1 aliphatic rings. The molecule has 1 N–H and O–H groups in total. The summed E-state index contributed by atoms with van der Waals surface area (Å²) in [5.74, 6) is 0.494. The summed E-state index contributed by atoms with van der Waals surface area (Å²) < 4.78 is 28.4. The molecule has 2 heterocycles. The lowest BCUT2D eigenvalue weighted by atomic mass is 10.1. The number of nitrogens with zero attached hydrogens (tertiary/aromatic N) is 3. The second kappa shape index (κ2) is 7.38. The van der Waals surface area contributed by atoms with Gasteiger partial charge in [0.05, 0.1) is 12.7 Å². The molecular formula is C14H26N4O2S. The molecule has 1 fully saturated rings. The molecule has 6 nitrogen and oxygen atoms in total. The highest BCUT2D eigenvalue weighted by atomic mass is 32.2.